The number of allylic oxidation sites excluding steroid dienone is 1. The van der Waals surface area contributed by atoms with E-state index in [1.54, 1.807) is 30.2 Å². The molecule has 4 unspecified atom stereocenters. The van der Waals surface area contributed by atoms with Crippen molar-refractivity contribution in [1.29, 1.82) is 0 Å². The Labute approximate surface area is 303 Å². The SMILES string of the molecule is C=CCOc1cc(C=CCC(C)C(=O)OCc2ccccc2)ccc1C(C(C)CCC(OC)c1ccc(F)cc1)N(C=O)c1ccc(Br)cc1. The molecule has 0 saturated heterocycles. The maximum atomic E-state index is 13.6. The minimum absolute atomic E-state index is 0.0443. The van der Waals surface area contributed by atoms with E-state index in [0.29, 0.717) is 25.0 Å². The van der Waals surface area contributed by atoms with Crippen molar-refractivity contribution in [2.75, 3.05) is 18.6 Å². The summed E-state index contributed by atoms with van der Waals surface area (Å²) in [6.45, 7) is 8.33. The largest absolute Gasteiger partial charge is 0.489 e. The van der Waals surface area contributed by atoms with Crippen LogP contribution >= 0.6 is 15.9 Å². The van der Waals surface area contributed by atoms with Crippen molar-refractivity contribution < 1.29 is 28.2 Å². The maximum absolute atomic E-state index is 13.6. The van der Waals surface area contributed by atoms with Gasteiger partial charge < -0.3 is 19.1 Å². The van der Waals surface area contributed by atoms with E-state index in [4.69, 9.17) is 14.2 Å². The first-order chi connectivity index (χ1) is 24.2. The number of carbonyl (C=O) groups is 2. The van der Waals surface area contributed by atoms with E-state index in [-0.39, 0.29) is 42.9 Å². The molecule has 0 spiro atoms. The predicted molar refractivity (Wildman–Crippen MR) is 201 cm³/mol. The molecule has 262 valence electrons. The fourth-order valence-corrected chi connectivity index (χ4v) is 6.11. The summed E-state index contributed by atoms with van der Waals surface area (Å²) in [7, 11) is 1.65. The zero-order valence-electron chi connectivity index (χ0n) is 28.8. The number of rotatable bonds is 19. The standard InChI is InChI=1S/C42H45BrFNO5/c1-5-26-49-40-27-32(13-9-10-31(3)42(47)50-28-33-11-7-6-8-12-33)15-24-38(40)41(45(29-46)37-22-18-35(43)19-23-37)30(2)14-25-39(48-4)34-16-20-36(44)21-17-34/h5-9,11-13,15-24,27,29-31,39,41H,1,10,14,25-26,28H2,2-4H3. The average molecular weight is 743 g/mol. The van der Waals surface area contributed by atoms with Gasteiger partial charge in [0.1, 0.15) is 24.8 Å². The quantitative estimate of drug-likeness (QED) is 0.0544. The van der Waals surface area contributed by atoms with E-state index >= 15 is 0 Å². The van der Waals surface area contributed by atoms with Crippen molar-refractivity contribution in [2.24, 2.45) is 11.8 Å². The Hall–Kier alpha value is -4.53. The molecule has 4 atom stereocenters. The number of hydrogen-bond donors (Lipinski definition) is 0. The first-order valence-electron chi connectivity index (χ1n) is 16.8. The second-order valence-corrected chi connectivity index (χ2v) is 13.2. The molecule has 6 nitrogen and oxygen atoms in total. The molecule has 4 rings (SSSR count). The number of anilines is 1. The van der Waals surface area contributed by atoms with E-state index in [2.05, 4.69) is 29.4 Å². The van der Waals surface area contributed by atoms with Gasteiger partial charge in [-0.05, 0) is 84.3 Å². The molecule has 0 aliphatic rings. The third-order valence-corrected chi connectivity index (χ3v) is 9.16. The van der Waals surface area contributed by atoms with Crippen molar-refractivity contribution in [3.05, 3.63) is 148 Å². The van der Waals surface area contributed by atoms with E-state index in [1.807, 2.05) is 91.9 Å². The van der Waals surface area contributed by atoms with Gasteiger partial charge in [-0.2, -0.15) is 0 Å². The van der Waals surface area contributed by atoms with Crippen LogP contribution in [0.3, 0.4) is 0 Å². The highest BCUT2D eigenvalue weighted by molar-refractivity contribution is 9.10. The van der Waals surface area contributed by atoms with Gasteiger partial charge in [0.2, 0.25) is 6.41 Å². The third-order valence-electron chi connectivity index (χ3n) is 8.63. The number of benzene rings is 4. The Balaban J connectivity index is 1.58. The summed E-state index contributed by atoms with van der Waals surface area (Å²) in [5.74, 6) is -0.275. The molecular formula is C42H45BrFNO5. The molecule has 0 saturated carbocycles. The minimum atomic E-state index is -0.392. The number of halogens is 2. The summed E-state index contributed by atoms with van der Waals surface area (Å²) in [5.41, 5.74) is 4.32. The van der Waals surface area contributed by atoms with Gasteiger partial charge in [-0.3, -0.25) is 9.59 Å². The predicted octanol–water partition coefficient (Wildman–Crippen LogP) is 10.4. The van der Waals surface area contributed by atoms with Gasteiger partial charge in [0, 0.05) is 22.8 Å². The number of methoxy groups -OCH3 is 1. The maximum Gasteiger partial charge on any atom is 0.309 e. The number of hydrogen-bond acceptors (Lipinski definition) is 5. The summed E-state index contributed by atoms with van der Waals surface area (Å²) < 4.78 is 32.1. The van der Waals surface area contributed by atoms with Crippen LogP contribution in [0.4, 0.5) is 10.1 Å². The molecule has 8 heteroatoms. The normalized spacial score (nSPS) is 13.6. The molecule has 0 N–H and O–H groups in total. The van der Waals surface area contributed by atoms with Gasteiger partial charge in [-0.1, -0.05) is 109 Å². The Morgan fingerprint density at radius 3 is 2.34 bits per heavy atom. The lowest BCUT2D eigenvalue weighted by molar-refractivity contribution is -0.149. The van der Waals surface area contributed by atoms with Crippen LogP contribution < -0.4 is 9.64 Å². The van der Waals surface area contributed by atoms with Crippen LogP contribution in [-0.2, 0) is 25.7 Å². The molecule has 0 aliphatic carbocycles. The van der Waals surface area contributed by atoms with E-state index < -0.39 is 6.04 Å². The molecule has 0 bridgehead atoms. The Kier molecular flexibility index (Phi) is 15.0. The highest BCUT2D eigenvalue weighted by atomic mass is 79.9. The molecule has 4 aromatic carbocycles. The lowest BCUT2D eigenvalue weighted by Gasteiger charge is -2.35. The van der Waals surface area contributed by atoms with Crippen LogP contribution in [0.1, 0.15) is 67.5 Å². The third kappa shape index (κ3) is 11.0. The van der Waals surface area contributed by atoms with Crippen molar-refractivity contribution in [3.8, 4) is 5.75 Å². The average Bonchev–Trinajstić information content (AvgIpc) is 3.13. The van der Waals surface area contributed by atoms with Gasteiger partial charge >= 0.3 is 5.97 Å². The van der Waals surface area contributed by atoms with E-state index in [1.165, 1.54) is 12.1 Å². The van der Waals surface area contributed by atoms with Crippen molar-refractivity contribution in [1.82, 2.24) is 0 Å². The summed E-state index contributed by atoms with van der Waals surface area (Å²) >= 11 is 3.50. The Morgan fingerprint density at radius 2 is 1.68 bits per heavy atom. The minimum Gasteiger partial charge on any atom is -0.489 e. The van der Waals surface area contributed by atoms with Crippen molar-refractivity contribution in [3.63, 3.8) is 0 Å². The molecule has 0 aliphatic heterocycles. The molecule has 0 aromatic heterocycles. The summed E-state index contributed by atoms with van der Waals surface area (Å²) in [5, 5.41) is 0. The molecular weight excluding hydrogens is 697 g/mol. The zero-order chi connectivity index (χ0) is 35.9. The van der Waals surface area contributed by atoms with Gasteiger partial charge in [0.05, 0.1) is 18.1 Å². The van der Waals surface area contributed by atoms with Crippen LogP contribution in [0.5, 0.6) is 5.75 Å². The summed E-state index contributed by atoms with van der Waals surface area (Å²) in [6.07, 6.45) is 8.09. The zero-order valence-corrected chi connectivity index (χ0v) is 30.4. The van der Waals surface area contributed by atoms with Crippen molar-refractivity contribution >= 4 is 40.1 Å². The number of amides is 1. The lowest BCUT2D eigenvalue weighted by atomic mass is 9.86. The van der Waals surface area contributed by atoms with E-state index in [0.717, 1.165) is 38.8 Å². The second-order valence-electron chi connectivity index (χ2n) is 12.3. The summed E-state index contributed by atoms with van der Waals surface area (Å²) in [6, 6.07) is 29.2. The fourth-order valence-electron chi connectivity index (χ4n) is 5.85. The number of ether oxygens (including phenoxy) is 3. The van der Waals surface area contributed by atoms with E-state index in [9.17, 15) is 14.0 Å². The lowest BCUT2D eigenvalue weighted by Crippen LogP contribution is -2.32. The van der Waals surface area contributed by atoms with Crippen LogP contribution in [0.2, 0.25) is 0 Å². The molecule has 1 amide bonds. The fraction of sp³-hybridized carbons (Fsp3) is 0.286. The van der Waals surface area contributed by atoms with Crippen LogP contribution in [0.15, 0.2) is 120 Å². The smallest absolute Gasteiger partial charge is 0.309 e. The molecule has 0 fully saturated rings. The first-order valence-corrected chi connectivity index (χ1v) is 17.6. The molecule has 0 radical (unpaired) electrons. The highest BCUT2D eigenvalue weighted by Crippen LogP contribution is 2.41. The number of nitrogens with zero attached hydrogens (tertiary/aromatic N) is 1. The number of esters is 1. The van der Waals surface area contributed by atoms with Crippen LogP contribution in [-0.4, -0.2) is 26.1 Å². The Bertz CT molecular complexity index is 1690. The Morgan fingerprint density at radius 1 is 0.960 bits per heavy atom. The molecule has 4 aromatic rings. The van der Waals surface area contributed by atoms with Crippen molar-refractivity contribution in [2.45, 2.75) is 51.9 Å². The molecule has 0 heterocycles. The van der Waals surface area contributed by atoms with Crippen LogP contribution in [0.25, 0.3) is 6.08 Å². The van der Waals surface area contributed by atoms with Crippen LogP contribution in [0, 0.1) is 17.7 Å². The van der Waals surface area contributed by atoms with Gasteiger partial charge in [-0.25, -0.2) is 4.39 Å². The second kappa shape index (κ2) is 19.6. The monoisotopic (exact) mass is 741 g/mol. The molecule has 50 heavy (non-hydrogen) atoms. The topological polar surface area (TPSA) is 65.1 Å². The first kappa shape index (κ1) is 38.3. The van der Waals surface area contributed by atoms with Gasteiger partial charge in [-0.15, -0.1) is 0 Å². The summed E-state index contributed by atoms with van der Waals surface area (Å²) in [4.78, 5) is 27.2. The van der Waals surface area contributed by atoms with Gasteiger partial charge in [0.15, 0.2) is 0 Å². The number of carbonyl (C=O) groups excluding carboxylic acids is 2. The van der Waals surface area contributed by atoms with Gasteiger partial charge in [0.25, 0.3) is 0 Å². The highest BCUT2D eigenvalue weighted by Gasteiger charge is 2.30.